The average Bonchev–Trinajstić information content (AvgIpc) is 2.48. The van der Waals surface area contributed by atoms with Gasteiger partial charge in [0.05, 0.1) is 12.1 Å². The Labute approximate surface area is 123 Å². The Morgan fingerprint density at radius 2 is 2.00 bits per heavy atom. The number of hydrogen-bond donors (Lipinski definition) is 1. The number of aromatic nitrogens is 2. The number of carbonyl (C=O) groups is 1. The second-order valence-electron chi connectivity index (χ2n) is 5.26. The van der Waals surface area contributed by atoms with Gasteiger partial charge < -0.3 is 9.84 Å². The molecule has 2 rings (SSSR count). The molecule has 0 aliphatic carbocycles. The largest absolute Gasteiger partial charge is 0.481 e. The van der Waals surface area contributed by atoms with Crippen LogP contribution in [0.2, 0.25) is 0 Å². The summed E-state index contributed by atoms with van der Waals surface area (Å²) in [5.41, 5.74) is 1.88. The summed E-state index contributed by atoms with van der Waals surface area (Å²) < 4.78 is 7.05. The van der Waals surface area contributed by atoms with E-state index in [1.807, 2.05) is 13.8 Å². The van der Waals surface area contributed by atoms with E-state index in [-0.39, 0.29) is 18.2 Å². The first-order valence-electron chi connectivity index (χ1n) is 7.51. The van der Waals surface area contributed by atoms with E-state index in [4.69, 9.17) is 9.84 Å². The Hall–Kier alpha value is -1.69. The minimum atomic E-state index is -0.890. The lowest BCUT2D eigenvalue weighted by atomic mass is 10.0. The van der Waals surface area contributed by atoms with E-state index in [0.29, 0.717) is 37.3 Å². The molecule has 1 aromatic rings. The molecule has 0 bridgehead atoms. The molecule has 0 spiro atoms. The van der Waals surface area contributed by atoms with Crippen molar-refractivity contribution in [1.82, 2.24) is 9.55 Å². The second-order valence-corrected chi connectivity index (χ2v) is 5.26. The molecule has 1 saturated heterocycles. The molecule has 0 unspecified atom stereocenters. The number of aryl methyl sites for hydroxylation is 1. The molecular weight excluding hydrogens is 272 g/mol. The van der Waals surface area contributed by atoms with E-state index in [2.05, 4.69) is 4.98 Å². The van der Waals surface area contributed by atoms with Gasteiger partial charge in [0.2, 0.25) is 0 Å². The molecule has 0 atom stereocenters. The molecule has 6 heteroatoms. The van der Waals surface area contributed by atoms with Crippen LogP contribution in [-0.4, -0.2) is 33.8 Å². The monoisotopic (exact) mass is 294 g/mol. The van der Waals surface area contributed by atoms with E-state index in [9.17, 15) is 9.59 Å². The second kappa shape index (κ2) is 6.85. The van der Waals surface area contributed by atoms with E-state index < -0.39 is 5.97 Å². The van der Waals surface area contributed by atoms with Crippen molar-refractivity contribution in [3.63, 3.8) is 0 Å². The fourth-order valence-corrected chi connectivity index (χ4v) is 3.02. The molecule has 0 saturated carbocycles. The van der Waals surface area contributed by atoms with Crippen LogP contribution in [-0.2, 0) is 28.8 Å². The number of carboxylic acid groups (broad SMARTS) is 1. The molecule has 1 aromatic heterocycles. The zero-order valence-corrected chi connectivity index (χ0v) is 12.6. The topological polar surface area (TPSA) is 81.4 Å². The molecule has 116 valence electrons. The van der Waals surface area contributed by atoms with Crippen LogP contribution in [0.5, 0.6) is 0 Å². The van der Waals surface area contributed by atoms with Gasteiger partial charge in [-0.15, -0.1) is 0 Å². The van der Waals surface area contributed by atoms with Gasteiger partial charge in [-0.05, 0) is 25.7 Å². The summed E-state index contributed by atoms with van der Waals surface area (Å²) in [6.45, 7) is 5.11. The lowest BCUT2D eigenvalue weighted by molar-refractivity contribution is -0.136. The molecule has 1 aliphatic heterocycles. The van der Waals surface area contributed by atoms with Crippen LogP contribution in [0.4, 0.5) is 0 Å². The number of hydrogen-bond acceptors (Lipinski definition) is 4. The first kappa shape index (κ1) is 15.7. The number of aliphatic carboxylic acids is 1. The molecule has 1 N–H and O–H groups in total. The maximum atomic E-state index is 12.4. The summed E-state index contributed by atoms with van der Waals surface area (Å²) in [5.74, 6) is -0.890. The number of carboxylic acids is 1. The minimum Gasteiger partial charge on any atom is -0.481 e. The molecule has 21 heavy (non-hydrogen) atoms. The molecule has 6 nitrogen and oxygen atoms in total. The van der Waals surface area contributed by atoms with Crippen LogP contribution in [0.1, 0.15) is 49.7 Å². The fourth-order valence-electron chi connectivity index (χ4n) is 3.02. The van der Waals surface area contributed by atoms with Crippen molar-refractivity contribution in [3.8, 4) is 0 Å². The zero-order valence-electron chi connectivity index (χ0n) is 12.6. The van der Waals surface area contributed by atoms with Gasteiger partial charge in [-0.25, -0.2) is 4.79 Å². The molecule has 0 aromatic carbocycles. The lowest BCUT2D eigenvalue weighted by Gasteiger charge is -2.28. The van der Waals surface area contributed by atoms with E-state index >= 15 is 0 Å². The van der Waals surface area contributed by atoms with Crippen molar-refractivity contribution in [1.29, 1.82) is 0 Å². The molecular formula is C15H22N2O4. The van der Waals surface area contributed by atoms with Crippen molar-refractivity contribution in [2.45, 2.75) is 52.0 Å². The van der Waals surface area contributed by atoms with Crippen molar-refractivity contribution < 1.29 is 14.6 Å². The van der Waals surface area contributed by atoms with E-state index in [1.54, 1.807) is 4.57 Å². The Kier molecular flexibility index (Phi) is 5.12. The maximum absolute atomic E-state index is 12.4. The summed E-state index contributed by atoms with van der Waals surface area (Å²) in [4.78, 5) is 27.7. The molecule has 1 aliphatic rings. The summed E-state index contributed by atoms with van der Waals surface area (Å²) in [5, 5.41) is 9.14. The Bertz CT molecular complexity index is 574. The third-order valence-electron chi connectivity index (χ3n) is 3.98. The SMILES string of the molecule is CCc1nc(=O)n(C2CCOCC2)c(CC)c1CC(=O)O. The normalized spacial score (nSPS) is 16.1. The van der Waals surface area contributed by atoms with Crippen molar-refractivity contribution in [2.24, 2.45) is 0 Å². The standard InChI is InChI=1S/C15H22N2O4/c1-3-12-11(9-14(18)19)13(4-2)17(15(20)16-12)10-5-7-21-8-6-10/h10H,3-9H2,1-2H3,(H,18,19). The van der Waals surface area contributed by atoms with Gasteiger partial charge in [0, 0.05) is 30.5 Å². The van der Waals surface area contributed by atoms with Crippen LogP contribution >= 0.6 is 0 Å². The third kappa shape index (κ3) is 3.32. The minimum absolute atomic E-state index is 0.0622. The Balaban J connectivity index is 2.57. The quantitative estimate of drug-likeness (QED) is 0.886. The molecule has 1 fully saturated rings. The van der Waals surface area contributed by atoms with E-state index in [0.717, 1.165) is 18.5 Å². The Morgan fingerprint density at radius 3 is 2.52 bits per heavy atom. The smallest absolute Gasteiger partial charge is 0.348 e. The van der Waals surface area contributed by atoms with Gasteiger partial charge in [0.25, 0.3) is 0 Å². The van der Waals surface area contributed by atoms with Gasteiger partial charge in [-0.3, -0.25) is 9.36 Å². The third-order valence-corrected chi connectivity index (χ3v) is 3.98. The first-order valence-corrected chi connectivity index (χ1v) is 7.51. The van der Waals surface area contributed by atoms with Crippen molar-refractivity contribution >= 4 is 5.97 Å². The highest BCUT2D eigenvalue weighted by Crippen LogP contribution is 2.24. The van der Waals surface area contributed by atoms with Gasteiger partial charge in [-0.2, -0.15) is 4.98 Å². The van der Waals surface area contributed by atoms with Gasteiger partial charge >= 0.3 is 11.7 Å². The van der Waals surface area contributed by atoms with Crippen LogP contribution in [0.15, 0.2) is 4.79 Å². The van der Waals surface area contributed by atoms with Gasteiger partial charge in [0.15, 0.2) is 0 Å². The maximum Gasteiger partial charge on any atom is 0.348 e. The lowest BCUT2D eigenvalue weighted by Crippen LogP contribution is -2.35. The highest BCUT2D eigenvalue weighted by atomic mass is 16.5. The molecule has 2 heterocycles. The summed E-state index contributed by atoms with van der Waals surface area (Å²) in [6, 6.07) is 0.0622. The predicted molar refractivity (Wildman–Crippen MR) is 77.7 cm³/mol. The number of rotatable bonds is 5. The van der Waals surface area contributed by atoms with E-state index in [1.165, 1.54) is 0 Å². The highest BCUT2D eigenvalue weighted by Gasteiger charge is 2.24. The summed E-state index contributed by atoms with van der Waals surface area (Å²) in [7, 11) is 0. The van der Waals surface area contributed by atoms with Crippen molar-refractivity contribution in [2.75, 3.05) is 13.2 Å². The first-order chi connectivity index (χ1) is 10.1. The zero-order chi connectivity index (χ0) is 15.4. The summed E-state index contributed by atoms with van der Waals surface area (Å²) in [6.07, 6.45) is 2.66. The van der Waals surface area contributed by atoms with Gasteiger partial charge in [0.1, 0.15) is 0 Å². The van der Waals surface area contributed by atoms with Crippen LogP contribution < -0.4 is 5.69 Å². The fraction of sp³-hybridized carbons (Fsp3) is 0.667. The van der Waals surface area contributed by atoms with Crippen LogP contribution in [0, 0.1) is 0 Å². The van der Waals surface area contributed by atoms with Crippen molar-refractivity contribution in [3.05, 3.63) is 27.4 Å². The number of nitrogens with zero attached hydrogens (tertiary/aromatic N) is 2. The predicted octanol–water partition coefficient (Wildman–Crippen LogP) is 1.35. The number of ether oxygens (including phenoxy) is 1. The van der Waals surface area contributed by atoms with Crippen LogP contribution in [0.25, 0.3) is 0 Å². The highest BCUT2D eigenvalue weighted by molar-refractivity contribution is 5.71. The summed E-state index contributed by atoms with van der Waals surface area (Å²) >= 11 is 0. The molecule has 0 radical (unpaired) electrons. The molecule has 0 amide bonds. The van der Waals surface area contributed by atoms with Crippen LogP contribution in [0.3, 0.4) is 0 Å². The Morgan fingerprint density at radius 1 is 1.33 bits per heavy atom. The average molecular weight is 294 g/mol. The van der Waals surface area contributed by atoms with Gasteiger partial charge in [-0.1, -0.05) is 13.8 Å².